The third-order valence-corrected chi connectivity index (χ3v) is 3.77. The molecule has 3 N–H and O–H groups in total. The third-order valence-electron chi connectivity index (χ3n) is 2.40. The molecule has 0 bridgehead atoms. The van der Waals surface area contributed by atoms with Gasteiger partial charge >= 0.3 is 0 Å². The van der Waals surface area contributed by atoms with E-state index in [0.717, 1.165) is 0 Å². The molecule has 0 radical (unpaired) electrons. The van der Waals surface area contributed by atoms with E-state index in [9.17, 15) is 8.42 Å². The van der Waals surface area contributed by atoms with Gasteiger partial charge in [-0.05, 0) is 19.3 Å². The molecule has 0 aliphatic carbocycles. The van der Waals surface area contributed by atoms with Gasteiger partial charge in [0.05, 0.1) is 0 Å². The summed E-state index contributed by atoms with van der Waals surface area (Å²) in [5.74, 6) is 0.798. The van der Waals surface area contributed by atoms with Crippen molar-refractivity contribution >= 4 is 10.0 Å². The number of aromatic nitrogens is 1. The van der Waals surface area contributed by atoms with Crippen molar-refractivity contribution in [1.29, 1.82) is 0 Å². The highest BCUT2D eigenvalue weighted by molar-refractivity contribution is 7.88. The van der Waals surface area contributed by atoms with Crippen molar-refractivity contribution in [2.75, 3.05) is 6.54 Å². The maximum absolute atomic E-state index is 11.9. The molecular formula is C11H21N3O3S. The standard InChI is InChI=1S/C11H21N3O3S/c1-8(2)4-10(6-12)14-18(15,16)7-11-5-9(3)17-13-11/h5,8,10,14H,4,6-7,12H2,1-3H3. The highest BCUT2D eigenvalue weighted by atomic mass is 32.2. The lowest BCUT2D eigenvalue weighted by Crippen LogP contribution is -2.41. The van der Waals surface area contributed by atoms with Crippen LogP contribution < -0.4 is 10.5 Å². The molecule has 18 heavy (non-hydrogen) atoms. The van der Waals surface area contributed by atoms with Crippen molar-refractivity contribution in [2.24, 2.45) is 11.7 Å². The molecule has 104 valence electrons. The molecule has 0 fully saturated rings. The summed E-state index contributed by atoms with van der Waals surface area (Å²) in [7, 11) is -3.43. The fourth-order valence-corrected chi connectivity index (χ4v) is 3.05. The van der Waals surface area contributed by atoms with E-state index in [1.165, 1.54) is 0 Å². The van der Waals surface area contributed by atoms with Crippen molar-refractivity contribution in [1.82, 2.24) is 9.88 Å². The predicted molar refractivity (Wildman–Crippen MR) is 69.3 cm³/mol. The third kappa shape index (κ3) is 5.16. The number of hydrogen-bond donors (Lipinski definition) is 2. The van der Waals surface area contributed by atoms with E-state index in [-0.39, 0.29) is 18.3 Å². The Morgan fingerprint density at radius 2 is 2.17 bits per heavy atom. The minimum Gasteiger partial charge on any atom is -0.361 e. The Balaban J connectivity index is 2.63. The Morgan fingerprint density at radius 1 is 1.50 bits per heavy atom. The van der Waals surface area contributed by atoms with E-state index in [0.29, 0.717) is 23.8 Å². The molecule has 1 heterocycles. The van der Waals surface area contributed by atoms with Gasteiger partial charge in [0, 0.05) is 18.7 Å². The number of nitrogens with one attached hydrogen (secondary N) is 1. The van der Waals surface area contributed by atoms with Gasteiger partial charge in [-0.3, -0.25) is 0 Å². The molecule has 0 spiro atoms. The number of rotatable bonds is 7. The van der Waals surface area contributed by atoms with Crippen LogP contribution in [0.15, 0.2) is 10.6 Å². The molecule has 6 nitrogen and oxygen atoms in total. The van der Waals surface area contributed by atoms with Crippen LogP contribution in [0.1, 0.15) is 31.7 Å². The first-order chi connectivity index (χ1) is 8.32. The van der Waals surface area contributed by atoms with Crippen molar-refractivity contribution in [3.8, 4) is 0 Å². The number of hydrogen-bond acceptors (Lipinski definition) is 5. The van der Waals surface area contributed by atoms with Crippen molar-refractivity contribution in [2.45, 2.75) is 39.0 Å². The quantitative estimate of drug-likeness (QED) is 0.766. The van der Waals surface area contributed by atoms with Crippen LogP contribution in [0.25, 0.3) is 0 Å². The lowest BCUT2D eigenvalue weighted by molar-refractivity contribution is 0.392. The van der Waals surface area contributed by atoms with E-state index < -0.39 is 10.0 Å². The van der Waals surface area contributed by atoms with Crippen LogP contribution in [0.2, 0.25) is 0 Å². The first-order valence-corrected chi connectivity index (χ1v) is 7.60. The Kier molecular flexibility index (Phi) is 5.30. The smallest absolute Gasteiger partial charge is 0.217 e. The van der Waals surface area contributed by atoms with Crippen LogP contribution in [0.5, 0.6) is 0 Å². The Labute approximate surface area is 108 Å². The molecule has 0 amide bonds. The predicted octanol–water partition coefficient (Wildman–Crippen LogP) is 0.776. The van der Waals surface area contributed by atoms with Gasteiger partial charge in [-0.15, -0.1) is 0 Å². The number of aryl methyl sites for hydroxylation is 1. The molecule has 0 aliphatic heterocycles. The zero-order chi connectivity index (χ0) is 13.8. The summed E-state index contributed by atoms with van der Waals surface area (Å²) in [6.45, 7) is 6.06. The van der Waals surface area contributed by atoms with Crippen molar-refractivity contribution in [3.05, 3.63) is 17.5 Å². The zero-order valence-corrected chi connectivity index (χ0v) is 11.8. The van der Waals surface area contributed by atoms with Gasteiger partial charge in [-0.1, -0.05) is 19.0 Å². The first-order valence-electron chi connectivity index (χ1n) is 5.94. The zero-order valence-electron chi connectivity index (χ0n) is 11.0. The molecule has 1 aromatic heterocycles. The number of nitrogens with zero attached hydrogens (tertiary/aromatic N) is 1. The molecule has 1 atom stereocenters. The Morgan fingerprint density at radius 3 is 2.61 bits per heavy atom. The van der Waals surface area contributed by atoms with Crippen LogP contribution in [0.4, 0.5) is 0 Å². The summed E-state index contributed by atoms with van der Waals surface area (Å²) in [6, 6.07) is 1.38. The first kappa shape index (κ1) is 15.1. The fourth-order valence-electron chi connectivity index (χ4n) is 1.74. The van der Waals surface area contributed by atoms with Crippen molar-refractivity contribution in [3.63, 3.8) is 0 Å². The number of nitrogens with two attached hydrogens (primary N) is 1. The second kappa shape index (κ2) is 6.31. The van der Waals surface area contributed by atoms with Gasteiger partial charge in [-0.2, -0.15) is 0 Å². The minimum atomic E-state index is -3.43. The van der Waals surface area contributed by atoms with E-state index in [2.05, 4.69) is 9.88 Å². The summed E-state index contributed by atoms with van der Waals surface area (Å²) in [5.41, 5.74) is 5.97. The number of sulfonamides is 1. The summed E-state index contributed by atoms with van der Waals surface area (Å²) < 4.78 is 31.3. The van der Waals surface area contributed by atoms with Gasteiger partial charge in [0.15, 0.2) is 0 Å². The van der Waals surface area contributed by atoms with Gasteiger partial charge in [0.1, 0.15) is 17.2 Å². The Hall–Kier alpha value is -0.920. The largest absolute Gasteiger partial charge is 0.361 e. The second-order valence-corrected chi connectivity index (χ2v) is 6.62. The van der Waals surface area contributed by atoms with Crippen molar-refractivity contribution < 1.29 is 12.9 Å². The summed E-state index contributed by atoms with van der Waals surface area (Å²) >= 11 is 0. The van der Waals surface area contributed by atoms with Crippen LogP contribution in [0, 0.1) is 12.8 Å². The SMILES string of the molecule is Cc1cc(CS(=O)(=O)NC(CN)CC(C)C)no1. The molecule has 0 aromatic carbocycles. The lowest BCUT2D eigenvalue weighted by Gasteiger charge is -2.18. The van der Waals surface area contributed by atoms with E-state index in [4.69, 9.17) is 10.3 Å². The molecule has 0 saturated carbocycles. The second-order valence-electron chi connectivity index (χ2n) is 4.87. The monoisotopic (exact) mass is 275 g/mol. The summed E-state index contributed by atoms with van der Waals surface area (Å²) in [4.78, 5) is 0. The fraction of sp³-hybridized carbons (Fsp3) is 0.727. The van der Waals surface area contributed by atoms with Gasteiger partial charge < -0.3 is 10.3 Å². The van der Waals surface area contributed by atoms with Crippen LogP contribution in [-0.4, -0.2) is 26.2 Å². The molecule has 1 rings (SSSR count). The molecular weight excluding hydrogens is 254 g/mol. The molecule has 0 aliphatic rings. The van der Waals surface area contributed by atoms with E-state index in [1.807, 2.05) is 13.8 Å². The lowest BCUT2D eigenvalue weighted by atomic mass is 10.1. The van der Waals surface area contributed by atoms with Gasteiger partial charge in [-0.25, -0.2) is 13.1 Å². The average molecular weight is 275 g/mol. The minimum absolute atomic E-state index is 0.182. The Bertz CT molecular complexity index is 468. The van der Waals surface area contributed by atoms with Gasteiger partial charge in [0.25, 0.3) is 0 Å². The van der Waals surface area contributed by atoms with Crippen LogP contribution in [0.3, 0.4) is 0 Å². The van der Waals surface area contributed by atoms with Crippen LogP contribution in [-0.2, 0) is 15.8 Å². The van der Waals surface area contributed by atoms with E-state index in [1.54, 1.807) is 13.0 Å². The van der Waals surface area contributed by atoms with E-state index >= 15 is 0 Å². The topological polar surface area (TPSA) is 98.2 Å². The highest BCUT2D eigenvalue weighted by Gasteiger charge is 2.19. The molecule has 0 saturated heterocycles. The average Bonchev–Trinajstić information content (AvgIpc) is 2.60. The highest BCUT2D eigenvalue weighted by Crippen LogP contribution is 2.09. The summed E-state index contributed by atoms with van der Waals surface area (Å²) in [6.07, 6.45) is 0.716. The van der Waals surface area contributed by atoms with Gasteiger partial charge in [0.2, 0.25) is 10.0 Å². The maximum Gasteiger partial charge on any atom is 0.217 e. The summed E-state index contributed by atoms with van der Waals surface area (Å²) in [5, 5.41) is 3.67. The maximum atomic E-state index is 11.9. The normalized spacial score (nSPS) is 14.1. The molecule has 1 aromatic rings. The molecule has 1 unspecified atom stereocenters. The van der Waals surface area contributed by atoms with Crippen LogP contribution >= 0.6 is 0 Å². The molecule has 7 heteroatoms.